The van der Waals surface area contributed by atoms with E-state index in [0.29, 0.717) is 66.4 Å². The Kier molecular flexibility index (Phi) is 28.9. The van der Waals surface area contributed by atoms with Crippen LogP contribution in [0.25, 0.3) is 20.9 Å². The number of amides is 3. The molecule has 12 bridgehead atoms. The van der Waals surface area contributed by atoms with Gasteiger partial charge in [0.1, 0.15) is 5.75 Å². The van der Waals surface area contributed by atoms with Crippen LogP contribution in [0.3, 0.4) is 0 Å². The molecular formula is C82H124Cl2N12O12Si. The molecule has 2 heterocycles. The predicted octanol–water partition coefficient (Wildman–Crippen LogP) is 16.2. The fourth-order valence-corrected chi connectivity index (χ4v) is 25.3. The molecule has 6 unspecified atom stereocenters. The van der Waals surface area contributed by atoms with Crippen molar-refractivity contribution in [1.29, 1.82) is 0 Å². The van der Waals surface area contributed by atoms with E-state index in [1.165, 1.54) is 94.9 Å². The molecule has 0 spiro atoms. The van der Waals surface area contributed by atoms with Gasteiger partial charge < -0.3 is 65.6 Å². The normalized spacial score (nSPS) is 31.8. The number of nitro groups is 1. The van der Waals surface area contributed by atoms with Gasteiger partial charge in [-0.3, -0.25) is 10.1 Å². The van der Waals surface area contributed by atoms with Crippen LogP contribution in [0.4, 0.5) is 15.3 Å². The summed E-state index contributed by atoms with van der Waals surface area (Å²) >= 11 is 12.4. The van der Waals surface area contributed by atoms with Gasteiger partial charge in [0.2, 0.25) is 0 Å². The zero-order chi connectivity index (χ0) is 77.9. The molecule has 109 heavy (non-hydrogen) atoms. The van der Waals surface area contributed by atoms with Gasteiger partial charge in [-0.25, -0.2) is 9.59 Å². The minimum atomic E-state index is -2.00. The maximum Gasteiger partial charge on any atom is 0.412 e. The number of benzene rings is 3. The summed E-state index contributed by atoms with van der Waals surface area (Å²) < 4.78 is 22.5. The van der Waals surface area contributed by atoms with Gasteiger partial charge >= 0.3 is 12.1 Å². The number of ether oxygens (including phenoxy) is 3. The van der Waals surface area contributed by atoms with Crippen LogP contribution in [0.1, 0.15) is 179 Å². The van der Waals surface area contributed by atoms with E-state index in [-0.39, 0.29) is 76.8 Å². The molecule has 9 N–H and O–H groups in total. The number of urea groups is 1. The van der Waals surface area contributed by atoms with Crippen molar-refractivity contribution < 1.29 is 53.6 Å². The summed E-state index contributed by atoms with van der Waals surface area (Å²) in [7, 11) is 1.41. The van der Waals surface area contributed by atoms with E-state index < -0.39 is 48.7 Å². The number of rotatable bonds is 31. The number of piperidine rings is 2. The minimum Gasteiger partial charge on any atom is -0.412 e. The number of nitrogens with one attached hydrogen (secondary N) is 3. The van der Waals surface area contributed by atoms with Gasteiger partial charge in [-0.05, 0) is 310 Å². The van der Waals surface area contributed by atoms with E-state index in [1.54, 1.807) is 14.2 Å². The number of nitro benzene ring substituents is 1. The number of likely N-dealkylation sites (tertiary alicyclic amines) is 1. The smallest absolute Gasteiger partial charge is 0.412 e. The number of methoxy groups -OCH3 is 2. The summed E-state index contributed by atoms with van der Waals surface area (Å²) in [6.45, 7) is 13.5. The first-order chi connectivity index (χ1) is 52.2. The molecule has 12 aliphatic carbocycles. The molecule has 0 aromatic heterocycles. The van der Waals surface area contributed by atoms with Crippen LogP contribution in [-0.4, -0.2) is 154 Å². The third-order valence-corrected chi connectivity index (χ3v) is 29.3. The number of non-ortho nitro benzene ring substituents is 1. The quantitative estimate of drug-likeness (QED) is 0.00565. The monoisotopic (exact) mass is 1570 g/mol. The molecular weight excluding hydrogens is 1440 g/mol. The molecule has 27 heteroatoms. The number of hydrogen-bond donors (Lipinski definition) is 8. The first-order valence-corrected chi connectivity index (χ1v) is 45.1. The number of halogens is 2. The minimum absolute atomic E-state index is 0.00978. The summed E-state index contributed by atoms with van der Waals surface area (Å²) in [5.74, 6) is 6.92. The van der Waals surface area contributed by atoms with Gasteiger partial charge in [0.25, 0.3) is 5.69 Å². The Morgan fingerprint density at radius 3 is 1.65 bits per heavy atom. The topological polar surface area (TPSA) is 358 Å². The van der Waals surface area contributed by atoms with Crippen molar-refractivity contribution in [3.63, 3.8) is 0 Å². The number of aliphatic hydroxyl groups is 4. The van der Waals surface area contributed by atoms with E-state index in [4.69, 9.17) is 58.6 Å². The maximum atomic E-state index is 13.5. The zero-order valence-electron chi connectivity index (χ0n) is 65.3. The van der Waals surface area contributed by atoms with Crippen LogP contribution >= 0.6 is 23.2 Å². The molecule has 2 saturated heterocycles. The van der Waals surface area contributed by atoms with E-state index in [1.807, 2.05) is 60.4 Å². The fraction of sp³-hybridized carbons (Fsp3) is 0.756. The van der Waals surface area contributed by atoms with Gasteiger partial charge in [-0.2, -0.15) is 0 Å². The van der Waals surface area contributed by atoms with Crippen molar-refractivity contribution in [1.82, 2.24) is 20.9 Å². The Balaban J connectivity index is 0.000000151. The second kappa shape index (κ2) is 37.3. The van der Waals surface area contributed by atoms with Gasteiger partial charge in [-0.1, -0.05) is 64.6 Å². The highest BCUT2D eigenvalue weighted by atomic mass is 35.5. The van der Waals surface area contributed by atoms with Crippen molar-refractivity contribution in [2.24, 2.45) is 103 Å². The highest BCUT2D eigenvalue weighted by Gasteiger charge is 2.65. The molecule has 14 aliphatic rings. The second-order valence-corrected chi connectivity index (χ2v) is 41.3. The Hall–Kier alpha value is -5.34. The lowest BCUT2D eigenvalue weighted by atomic mass is 9.68. The molecule has 14 fully saturated rings. The molecule has 3 aromatic rings. The lowest BCUT2D eigenvalue weighted by Gasteiger charge is -2.46. The Bertz CT molecular complexity index is 3580. The summed E-state index contributed by atoms with van der Waals surface area (Å²) in [4.78, 5) is 44.2. The molecule has 24 nitrogen and oxygen atoms in total. The largest absolute Gasteiger partial charge is 0.412 e. The lowest BCUT2D eigenvalue weighted by Crippen LogP contribution is -2.59. The van der Waals surface area contributed by atoms with Crippen LogP contribution in [0.15, 0.2) is 83.0 Å². The molecule has 12 saturated carbocycles. The average Bonchev–Trinajstić information content (AvgIpc) is 1.57. The molecule has 3 amide bonds. The van der Waals surface area contributed by atoms with E-state index >= 15 is 0 Å². The first kappa shape index (κ1) is 84.6. The van der Waals surface area contributed by atoms with Crippen molar-refractivity contribution in [2.45, 2.75) is 229 Å². The van der Waals surface area contributed by atoms with Crippen LogP contribution in [0.2, 0.25) is 29.7 Å². The van der Waals surface area contributed by atoms with Gasteiger partial charge in [0, 0.05) is 121 Å². The summed E-state index contributed by atoms with van der Waals surface area (Å²) in [6, 6.07) is 19.3. The summed E-state index contributed by atoms with van der Waals surface area (Å²) in [5, 5.41) is 74.7. The summed E-state index contributed by atoms with van der Waals surface area (Å²) in [5.41, 5.74) is 23.4. The van der Waals surface area contributed by atoms with E-state index in [0.717, 1.165) is 144 Å². The summed E-state index contributed by atoms with van der Waals surface area (Å²) in [6.07, 6.45) is 25.2. The predicted molar refractivity (Wildman–Crippen MR) is 425 cm³/mol. The molecule has 3 aromatic carbocycles. The number of carbonyl (C=O) groups is 2. The van der Waals surface area contributed by atoms with Crippen molar-refractivity contribution in [3.05, 3.63) is 125 Å². The molecule has 602 valence electrons. The van der Waals surface area contributed by atoms with E-state index in [9.17, 15) is 40.1 Å². The Morgan fingerprint density at radius 2 is 1.18 bits per heavy atom. The maximum absolute atomic E-state index is 13.5. The Labute approximate surface area is 656 Å². The zero-order valence-corrected chi connectivity index (χ0v) is 67.8. The van der Waals surface area contributed by atoms with Crippen LogP contribution in [-0.2, 0) is 25.1 Å². The highest BCUT2D eigenvalue weighted by molar-refractivity contribution is 6.69. The van der Waals surface area contributed by atoms with Crippen molar-refractivity contribution >= 4 is 49.3 Å². The number of hydrogen-bond acceptors (Lipinski definition) is 16. The van der Waals surface area contributed by atoms with Crippen LogP contribution < -0.4 is 26.4 Å². The number of carbonyl (C=O) groups excluding carboxylic acids is 2. The average molecular weight is 1570 g/mol. The Morgan fingerprint density at radius 1 is 0.697 bits per heavy atom. The first-order valence-electron chi connectivity index (χ1n) is 40.9. The number of nitrogens with two attached hydrogens (primary N) is 1. The SMILES string of the molecule is COCCCC[C@@](O)(c1cccc(Cl)c1)[C@@H]1CCCN(C(=O)N[C@H](CN)[C@@H](O)C23CC4CC(CC2C4)C3)C1.COCCCC[C@@](O)(c1cccc(Cl)c1)[C@@H]1CCCNC1.C[C@H](CN=[N+]=[N-])[C@@H](O)C12CC3CC(CC1C3)C2.C[Si](C)(C)O[C@H]([C@@H](CN=[N+]=[N-])NC(=O)Oc1ccc([N+](=O)[O-])cc1)C12CC3CC(CC1C3)C2. The number of aliphatic hydroxyl groups excluding tert-OH is 2. The van der Waals surface area contributed by atoms with Gasteiger partial charge in [-0.15, -0.1) is 0 Å². The van der Waals surface area contributed by atoms with E-state index in [2.05, 4.69) is 55.6 Å². The van der Waals surface area contributed by atoms with Crippen LogP contribution in [0.5, 0.6) is 5.75 Å². The lowest BCUT2D eigenvalue weighted by molar-refractivity contribution is -0.384. The van der Waals surface area contributed by atoms with Gasteiger partial charge in [0.05, 0.1) is 46.5 Å². The van der Waals surface area contributed by atoms with Crippen molar-refractivity contribution in [3.8, 4) is 5.75 Å². The molecule has 0 radical (unpaired) electrons. The number of nitrogens with zero attached hydrogens (tertiary/aromatic N) is 8. The fourth-order valence-electron chi connectivity index (χ4n) is 23.8. The van der Waals surface area contributed by atoms with Crippen molar-refractivity contribution in [2.75, 3.05) is 73.2 Å². The third kappa shape index (κ3) is 19.7. The highest BCUT2D eigenvalue weighted by Crippen LogP contribution is 2.70. The standard InChI is InChI=1S/C30H46ClN3O4.C22H31N5O5Si.C17H26ClNO2.C13H21N3O/c1-38-11-3-2-9-30(37,22-6-4-8-25(31)15-22)23-7-5-10-34(19-23)28(36)33-26(18-32)27(35)29-16-20-12-21(17-29)14-24(29)13-20;1-33(2,3)32-20(22-11-14-8-15(12-22)10-16(22)9-14)19(13-24-26-23)25-21(28)31-18-6-4-17(5-7-18)27(29)30;1-21-11-3-2-9-17(20,15-7-5-10-19-13-15)14-6-4-8-16(18)12-14;1-8(7-15-16-14)12(17)13-5-9-2-10(6-13)4-11(13)3-9/h4,6,8,15,20-21,23-24,26-27,35,37H,2-3,5,7,9-14,16-19,32H2,1H3,(H,33,36);4-7,14-16,19-20H,8-13H2,1-3H3,(H,25,28);4,6,8,12,15,19-20H,2-3,5,7,9-11,13H2,1H3;8-12,17H,2-7H2,1H3/t20?,21?,23-,24?,26-,27-,29?,30-;14?,15?,16?,19-,20-,22?;15-,17-;8-,9?,10?,11?,12-,13?/m1111/s1. The number of azide groups is 2. The number of unbranched alkanes of at least 4 members (excludes halogenated alkanes) is 2. The van der Waals surface area contributed by atoms with Crippen LogP contribution in [0, 0.1) is 97.4 Å². The molecule has 16 atom stereocenters. The molecule has 17 rings (SSSR count). The third-order valence-electron chi connectivity index (χ3n) is 27.9. The second-order valence-electron chi connectivity index (χ2n) is 36.0. The van der Waals surface area contributed by atoms with Gasteiger partial charge in [0.15, 0.2) is 8.32 Å². The molecule has 2 aliphatic heterocycles.